The number of anilines is 1. The van der Waals surface area contributed by atoms with E-state index in [4.69, 9.17) is 21.6 Å². The smallest absolute Gasteiger partial charge is 0.296 e. The minimum atomic E-state index is -0.673. The Bertz CT molecular complexity index is 1360. The van der Waals surface area contributed by atoms with E-state index < -0.39 is 17.3 Å². The molecule has 1 amide bonds. The van der Waals surface area contributed by atoms with Crippen molar-refractivity contribution in [3.05, 3.63) is 52.7 Å². The number of nitrogen functional groups attached to an aromatic ring is 1. The van der Waals surface area contributed by atoms with Gasteiger partial charge >= 0.3 is 0 Å². The van der Waals surface area contributed by atoms with Gasteiger partial charge in [0.05, 0.1) is 28.7 Å². The Morgan fingerprint density at radius 3 is 2.52 bits per heavy atom. The number of pyridine rings is 2. The quantitative estimate of drug-likeness (QED) is 0.292. The number of hydrogen-bond donors (Lipinski definition) is 3. The zero-order chi connectivity index (χ0) is 24.3. The summed E-state index contributed by atoms with van der Waals surface area (Å²) in [7, 11) is 0. The lowest BCUT2D eigenvalue weighted by Crippen LogP contribution is -2.29. The number of ether oxygens (including phenoxy) is 1. The third-order valence-corrected chi connectivity index (χ3v) is 4.57. The monoisotopic (exact) mass is 444 g/mol. The first-order valence-corrected chi connectivity index (χ1v) is 9.97. The number of nitrogens with zero attached hydrogens (tertiary/aromatic N) is 5. The first kappa shape index (κ1) is 23.3. The van der Waals surface area contributed by atoms with E-state index in [2.05, 4.69) is 36.8 Å². The van der Waals surface area contributed by atoms with Crippen molar-refractivity contribution in [3.8, 4) is 11.8 Å². The van der Waals surface area contributed by atoms with Crippen LogP contribution in [0.1, 0.15) is 53.6 Å². The molecule has 33 heavy (non-hydrogen) atoms. The normalized spacial score (nSPS) is 11.6. The molecule has 3 rings (SSSR count). The van der Waals surface area contributed by atoms with Gasteiger partial charge in [0, 0.05) is 23.4 Å². The van der Waals surface area contributed by atoms with Gasteiger partial charge in [-0.1, -0.05) is 32.6 Å². The van der Waals surface area contributed by atoms with Crippen molar-refractivity contribution < 1.29 is 9.53 Å². The second-order valence-electron chi connectivity index (χ2n) is 8.30. The molecule has 0 saturated heterocycles. The second-order valence-corrected chi connectivity index (χ2v) is 8.30. The Balaban J connectivity index is 1.90. The Labute approximate surface area is 191 Å². The molecule has 3 heterocycles. The Morgan fingerprint density at radius 2 is 1.82 bits per heavy atom. The van der Waals surface area contributed by atoms with Crippen LogP contribution in [0.25, 0.3) is 11.0 Å². The van der Waals surface area contributed by atoms with Gasteiger partial charge in [-0.2, -0.15) is 4.99 Å². The molecule has 3 aromatic rings. The molecule has 0 saturated carbocycles. The van der Waals surface area contributed by atoms with Gasteiger partial charge in [0.2, 0.25) is 0 Å². The highest BCUT2D eigenvalue weighted by molar-refractivity contribution is 6.03. The zero-order valence-electron chi connectivity index (χ0n) is 19.0. The molecule has 0 aliphatic rings. The highest BCUT2D eigenvalue weighted by atomic mass is 16.5. The SMILES string of the molecule is Cc1nc2cnc(N)c(C#Cc3cncc(C(=O)N=C(N)OC(=N)C(C)(C)C)c3)c2nc1C. The van der Waals surface area contributed by atoms with E-state index in [0.29, 0.717) is 22.2 Å². The van der Waals surface area contributed by atoms with E-state index >= 15 is 0 Å². The number of nitrogens with one attached hydrogen (secondary N) is 1. The summed E-state index contributed by atoms with van der Waals surface area (Å²) in [5.74, 6) is 5.34. The maximum Gasteiger partial charge on any atom is 0.296 e. The number of nitrogens with two attached hydrogens (primary N) is 2. The van der Waals surface area contributed by atoms with E-state index in [0.717, 1.165) is 11.4 Å². The summed E-state index contributed by atoms with van der Waals surface area (Å²) in [6, 6.07) is 1.10. The largest absolute Gasteiger partial charge is 0.411 e. The molecule has 3 aromatic heterocycles. The Kier molecular flexibility index (Phi) is 6.35. The van der Waals surface area contributed by atoms with Crippen LogP contribution >= 0.6 is 0 Å². The Morgan fingerprint density at radius 1 is 1.12 bits per heavy atom. The highest BCUT2D eigenvalue weighted by Gasteiger charge is 2.20. The number of amidine groups is 1. The number of aromatic nitrogens is 4. The van der Waals surface area contributed by atoms with Crippen molar-refractivity contribution in [2.24, 2.45) is 16.1 Å². The fourth-order valence-corrected chi connectivity index (χ4v) is 2.54. The average molecular weight is 444 g/mol. The van der Waals surface area contributed by atoms with Gasteiger partial charge in [-0.05, 0) is 19.9 Å². The summed E-state index contributed by atoms with van der Waals surface area (Å²) in [6.07, 6.45) is 4.39. The molecule has 0 aliphatic carbocycles. The van der Waals surface area contributed by atoms with Crippen molar-refractivity contribution in [2.75, 3.05) is 5.73 Å². The van der Waals surface area contributed by atoms with E-state index in [-0.39, 0.29) is 17.3 Å². The number of aryl methyl sites for hydroxylation is 2. The summed E-state index contributed by atoms with van der Waals surface area (Å²) in [6.45, 7) is 9.06. The fraction of sp³-hybridized carbons (Fsp3) is 0.261. The van der Waals surface area contributed by atoms with E-state index in [9.17, 15) is 4.79 Å². The predicted molar refractivity (Wildman–Crippen MR) is 126 cm³/mol. The third kappa shape index (κ3) is 5.46. The van der Waals surface area contributed by atoms with E-state index in [1.54, 1.807) is 27.0 Å². The molecular weight excluding hydrogens is 420 g/mol. The molecule has 0 aliphatic heterocycles. The number of fused-ring (bicyclic) bond motifs is 1. The first-order chi connectivity index (χ1) is 15.5. The van der Waals surface area contributed by atoms with Crippen LogP contribution in [0.3, 0.4) is 0 Å². The number of hydrogen-bond acceptors (Lipinski definition) is 8. The van der Waals surface area contributed by atoms with Crippen molar-refractivity contribution in [1.29, 1.82) is 5.41 Å². The van der Waals surface area contributed by atoms with Crippen molar-refractivity contribution in [2.45, 2.75) is 34.6 Å². The van der Waals surface area contributed by atoms with Crippen molar-refractivity contribution in [1.82, 2.24) is 19.9 Å². The number of amides is 1. The van der Waals surface area contributed by atoms with Gasteiger partial charge in [0.15, 0.2) is 5.90 Å². The van der Waals surface area contributed by atoms with Crippen LogP contribution in [0.4, 0.5) is 5.82 Å². The number of rotatable bonds is 1. The predicted octanol–water partition coefficient (Wildman–Crippen LogP) is 2.51. The summed E-state index contributed by atoms with van der Waals surface area (Å²) < 4.78 is 5.12. The van der Waals surface area contributed by atoms with Gasteiger partial charge in [0.25, 0.3) is 11.9 Å². The zero-order valence-corrected chi connectivity index (χ0v) is 19.0. The van der Waals surface area contributed by atoms with Crippen molar-refractivity contribution in [3.63, 3.8) is 0 Å². The van der Waals surface area contributed by atoms with Crippen LogP contribution in [0, 0.1) is 36.5 Å². The lowest BCUT2D eigenvalue weighted by molar-refractivity contribution is 0.1000. The first-order valence-electron chi connectivity index (χ1n) is 9.97. The molecule has 0 fully saturated rings. The highest BCUT2D eigenvalue weighted by Crippen LogP contribution is 2.20. The van der Waals surface area contributed by atoms with Crippen LogP contribution in [-0.4, -0.2) is 37.8 Å². The molecule has 10 heteroatoms. The van der Waals surface area contributed by atoms with Gasteiger partial charge in [0.1, 0.15) is 16.9 Å². The summed E-state index contributed by atoms with van der Waals surface area (Å²) >= 11 is 0. The molecular formula is C23H24N8O2. The minimum absolute atomic E-state index is 0.107. The molecule has 0 unspecified atom stereocenters. The maximum absolute atomic E-state index is 12.5. The molecule has 5 N–H and O–H groups in total. The van der Waals surface area contributed by atoms with Crippen LogP contribution in [0.5, 0.6) is 0 Å². The maximum atomic E-state index is 12.5. The summed E-state index contributed by atoms with van der Waals surface area (Å²) in [4.78, 5) is 33.4. The summed E-state index contributed by atoms with van der Waals surface area (Å²) in [5.41, 5.74) is 14.9. The molecule has 0 aromatic carbocycles. The van der Waals surface area contributed by atoms with Gasteiger partial charge in [-0.3, -0.25) is 15.2 Å². The van der Waals surface area contributed by atoms with Gasteiger partial charge in [-0.25, -0.2) is 15.0 Å². The summed E-state index contributed by atoms with van der Waals surface area (Å²) in [5, 5.41) is 7.84. The number of aliphatic imine (C=N–C) groups is 1. The van der Waals surface area contributed by atoms with Crippen molar-refractivity contribution >= 4 is 34.7 Å². The third-order valence-electron chi connectivity index (χ3n) is 4.57. The lowest BCUT2D eigenvalue weighted by Gasteiger charge is -2.18. The standard InChI is InChI=1S/C23H24N8O2/c1-12-13(2)30-18-16(19(24)28-11-17(18)29-12)7-6-14-8-15(10-27-9-14)20(32)31-22(26)33-21(25)23(3,4)5/h8-11,25H,1-5H3,(H2,24,28)(H2,26,31,32). The lowest BCUT2D eigenvalue weighted by atomic mass is 9.97. The molecule has 0 bridgehead atoms. The number of carbonyl (C=O) groups excluding carboxylic acids is 1. The van der Waals surface area contributed by atoms with Gasteiger partial charge in [-0.15, -0.1) is 0 Å². The minimum Gasteiger partial charge on any atom is -0.411 e. The molecule has 0 spiro atoms. The van der Waals surface area contributed by atoms with Crippen LogP contribution in [0.2, 0.25) is 0 Å². The average Bonchev–Trinajstić information content (AvgIpc) is 2.73. The molecule has 0 radical (unpaired) electrons. The molecule has 168 valence electrons. The number of carbonyl (C=O) groups is 1. The molecule has 10 nitrogen and oxygen atoms in total. The van der Waals surface area contributed by atoms with Crippen LogP contribution < -0.4 is 11.5 Å². The van der Waals surface area contributed by atoms with E-state index in [1.807, 2.05) is 13.8 Å². The van der Waals surface area contributed by atoms with Crippen LogP contribution in [-0.2, 0) is 4.74 Å². The second kappa shape index (κ2) is 9.00. The molecule has 0 atom stereocenters. The fourth-order valence-electron chi connectivity index (χ4n) is 2.54. The van der Waals surface area contributed by atoms with E-state index in [1.165, 1.54) is 18.5 Å². The van der Waals surface area contributed by atoms with Gasteiger partial charge < -0.3 is 16.2 Å². The topological polar surface area (TPSA) is 166 Å². The Hall–Kier alpha value is -4.39. The van der Waals surface area contributed by atoms with Crippen LogP contribution in [0.15, 0.2) is 29.6 Å².